The molecule has 1 saturated heterocycles. The van der Waals surface area contributed by atoms with Gasteiger partial charge in [-0.25, -0.2) is 8.78 Å². The molecular weight excluding hydrogens is 184 g/mol. The lowest BCUT2D eigenvalue weighted by molar-refractivity contribution is -0.0283. The van der Waals surface area contributed by atoms with Crippen LogP contribution in [0.2, 0.25) is 0 Å². The molecule has 0 saturated carbocycles. The van der Waals surface area contributed by atoms with Crippen molar-refractivity contribution in [2.75, 3.05) is 13.1 Å². The van der Waals surface area contributed by atoms with Gasteiger partial charge in [0.2, 0.25) is 5.92 Å². The van der Waals surface area contributed by atoms with Gasteiger partial charge in [-0.1, -0.05) is 13.5 Å². The first-order chi connectivity index (χ1) is 6.55. The summed E-state index contributed by atoms with van der Waals surface area (Å²) in [7, 11) is 0. The van der Waals surface area contributed by atoms with E-state index in [1.54, 1.807) is 0 Å². The third kappa shape index (κ3) is 3.28. The second-order valence-corrected chi connectivity index (χ2v) is 3.97. The highest BCUT2D eigenvalue weighted by Crippen LogP contribution is 2.28. The van der Waals surface area contributed by atoms with E-state index in [1.165, 1.54) is 0 Å². The van der Waals surface area contributed by atoms with E-state index in [0.717, 1.165) is 25.2 Å². The Bertz CT molecular complexity index is 189. The normalized spacial score (nSPS) is 22.6. The zero-order chi connectivity index (χ0) is 10.6. The Labute approximate surface area is 84.8 Å². The first kappa shape index (κ1) is 11.5. The van der Waals surface area contributed by atoms with Crippen molar-refractivity contribution in [3.63, 3.8) is 0 Å². The lowest BCUT2D eigenvalue weighted by Crippen LogP contribution is -2.30. The first-order valence-electron chi connectivity index (χ1n) is 5.36. The summed E-state index contributed by atoms with van der Waals surface area (Å²) >= 11 is 0. The van der Waals surface area contributed by atoms with Gasteiger partial charge in [0.05, 0.1) is 0 Å². The minimum atomic E-state index is -2.43. The molecule has 1 fully saturated rings. The third-order valence-electron chi connectivity index (χ3n) is 2.80. The van der Waals surface area contributed by atoms with Crippen molar-refractivity contribution < 1.29 is 8.78 Å². The summed E-state index contributed by atoms with van der Waals surface area (Å²) in [5, 5.41) is 0. The fourth-order valence-electron chi connectivity index (χ4n) is 1.83. The zero-order valence-corrected chi connectivity index (χ0v) is 8.86. The highest BCUT2D eigenvalue weighted by molar-refractivity contribution is 4.93. The molecule has 1 heterocycles. The molecule has 1 nitrogen and oxygen atoms in total. The van der Waals surface area contributed by atoms with E-state index in [2.05, 4.69) is 18.4 Å². The molecular formula is C11H19F2N. The van der Waals surface area contributed by atoms with Gasteiger partial charge in [-0.3, -0.25) is 0 Å². The molecule has 0 bridgehead atoms. The van der Waals surface area contributed by atoms with E-state index in [0.29, 0.717) is 12.8 Å². The van der Waals surface area contributed by atoms with Crippen LogP contribution in [0.25, 0.3) is 0 Å². The number of halogens is 2. The second-order valence-electron chi connectivity index (χ2n) is 3.97. The SMILES string of the molecule is C=C(CC)N1CCCC(F)(F)CCC1. The van der Waals surface area contributed by atoms with Crippen LogP contribution in [-0.2, 0) is 0 Å². The molecule has 1 rings (SSSR count). The maximum Gasteiger partial charge on any atom is 0.248 e. The molecule has 0 unspecified atom stereocenters. The summed E-state index contributed by atoms with van der Waals surface area (Å²) in [4.78, 5) is 2.15. The number of nitrogens with zero attached hydrogens (tertiary/aromatic N) is 1. The van der Waals surface area contributed by atoms with Crippen LogP contribution in [0.3, 0.4) is 0 Å². The molecule has 0 aromatic heterocycles. The van der Waals surface area contributed by atoms with Gasteiger partial charge in [-0.15, -0.1) is 0 Å². The topological polar surface area (TPSA) is 3.24 Å². The maximum atomic E-state index is 13.0. The standard InChI is InChI=1S/C11H19F2N/c1-3-10(2)14-8-4-6-11(12,13)7-5-9-14/h2-9H2,1H3. The average Bonchev–Trinajstić information content (AvgIpc) is 2.11. The Morgan fingerprint density at radius 3 is 2.21 bits per heavy atom. The molecule has 1 aliphatic rings. The molecule has 0 radical (unpaired) electrons. The second kappa shape index (κ2) is 4.76. The summed E-state index contributed by atoms with van der Waals surface area (Å²) in [6.07, 6.45) is 2.12. The van der Waals surface area contributed by atoms with Crippen LogP contribution in [0.5, 0.6) is 0 Å². The fourth-order valence-corrected chi connectivity index (χ4v) is 1.83. The number of hydrogen-bond donors (Lipinski definition) is 0. The van der Waals surface area contributed by atoms with Crippen LogP contribution in [0.1, 0.15) is 39.0 Å². The van der Waals surface area contributed by atoms with E-state index in [9.17, 15) is 8.78 Å². The van der Waals surface area contributed by atoms with Gasteiger partial charge in [0.25, 0.3) is 0 Å². The highest BCUT2D eigenvalue weighted by Gasteiger charge is 2.29. The van der Waals surface area contributed by atoms with Gasteiger partial charge in [0.1, 0.15) is 0 Å². The number of hydrogen-bond acceptors (Lipinski definition) is 1. The summed E-state index contributed by atoms with van der Waals surface area (Å²) in [6.45, 7) is 7.47. The summed E-state index contributed by atoms with van der Waals surface area (Å²) in [5.41, 5.74) is 1.08. The molecule has 3 heteroatoms. The van der Waals surface area contributed by atoms with Crippen LogP contribution in [-0.4, -0.2) is 23.9 Å². The lowest BCUT2D eigenvalue weighted by Gasteiger charge is -2.30. The number of allylic oxidation sites excluding steroid dienone is 1. The maximum absolute atomic E-state index is 13.0. The van der Waals surface area contributed by atoms with Crippen LogP contribution in [0.15, 0.2) is 12.3 Å². The van der Waals surface area contributed by atoms with E-state index in [1.807, 2.05) is 0 Å². The highest BCUT2D eigenvalue weighted by atomic mass is 19.3. The van der Waals surface area contributed by atoms with E-state index in [4.69, 9.17) is 0 Å². The van der Waals surface area contributed by atoms with Crippen molar-refractivity contribution >= 4 is 0 Å². The van der Waals surface area contributed by atoms with Crippen molar-refractivity contribution in [1.29, 1.82) is 0 Å². The van der Waals surface area contributed by atoms with Gasteiger partial charge in [-0.2, -0.15) is 0 Å². The fraction of sp³-hybridized carbons (Fsp3) is 0.818. The minimum absolute atomic E-state index is 0.0283. The summed E-state index contributed by atoms with van der Waals surface area (Å²) < 4.78 is 26.0. The van der Waals surface area contributed by atoms with Crippen LogP contribution in [0.4, 0.5) is 8.78 Å². The van der Waals surface area contributed by atoms with Crippen molar-refractivity contribution in [2.45, 2.75) is 45.0 Å². The number of likely N-dealkylation sites (tertiary alicyclic amines) is 1. The molecule has 0 amide bonds. The van der Waals surface area contributed by atoms with Gasteiger partial charge in [0, 0.05) is 31.6 Å². The van der Waals surface area contributed by atoms with Gasteiger partial charge in [-0.05, 0) is 19.3 Å². The van der Waals surface area contributed by atoms with Crippen LogP contribution in [0, 0.1) is 0 Å². The van der Waals surface area contributed by atoms with Crippen LogP contribution >= 0.6 is 0 Å². The van der Waals surface area contributed by atoms with Crippen molar-refractivity contribution in [2.24, 2.45) is 0 Å². The Morgan fingerprint density at radius 1 is 1.29 bits per heavy atom. The van der Waals surface area contributed by atoms with Gasteiger partial charge >= 0.3 is 0 Å². The van der Waals surface area contributed by atoms with E-state index < -0.39 is 5.92 Å². The Balaban J connectivity index is 2.44. The molecule has 0 spiro atoms. The largest absolute Gasteiger partial charge is 0.375 e. The Hall–Kier alpha value is -0.600. The molecule has 0 aromatic carbocycles. The predicted octanol–water partition coefficient (Wildman–Crippen LogP) is 3.42. The predicted molar refractivity (Wildman–Crippen MR) is 54.4 cm³/mol. The molecule has 0 aromatic rings. The lowest BCUT2D eigenvalue weighted by atomic mass is 10.0. The van der Waals surface area contributed by atoms with E-state index >= 15 is 0 Å². The third-order valence-corrected chi connectivity index (χ3v) is 2.80. The van der Waals surface area contributed by atoms with Gasteiger partial charge in [0.15, 0.2) is 0 Å². The van der Waals surface area contributed by atoms with Crippen LogP contribution < -0.4 is 0 Å². The minimum Gasteiger partial charge on any atom is -0.375 e. The van der Waals surface area contributed by atoms with E-state index in [-0.39, 0.29) is 12.8 Å². The average molecular weight is 203 g/mol. The van der Waals surface area contributed by atoms with Crippen molar-refractivity contribution in [3.05, 3.63) is 12.3 Å². The Kier molecular flexibility index (Phi) is 3.90. The molecule has 1 aliphatic heterocycles. The molecule has 82 valence electrons. The quantitative estimate of drug-likeness (QED) is 0.664. The number of alkyl halides is 2. The van der Waals surface area contributed by atoms with Crippen molar-refractivity contribution in [3.8, 4) is 0 Å². The summed E-state index contributed by atoms with van der Waals surface area (Å²) in [5.74, 6) is -2.43. The smallest absolute Gasteiger partial charge is 0.248 e. The Morgan fingerprint density at radius 2 is 1.79 bits per heavy atom. The molecule has 0 aliphatic carbocycles. The monoisotopic (exact) mass is 203 g/mol. The zero-order valence-electron chi connectivity index (χ0n) is 8.86. The number of rotatable bonds is 2. The summed E-state index contributed by atoms with van der Waals surface area (Å²) in [6, 6.07) is 0. The molecule has 14 heavy (non-hydrogen) atoms. The van der Waals surface area contributed by atoms with Crippen molar-refractivity contribution in [1.82, 2.24) is 4.90 Å². The molecule has 0 atom stereocenters. The van der Waals surface area contributed by atoms with Gasteiger partial charge < -0.3 is 4.90 Å². The first-order valence-corrected chi connectivity index (χ1v) is 5.36. The molecule has 0 N–H and O–H groups in total.